The second kappa shape index (κ2) is 13.3. The minimum absolute atomic E-state index is 0.00271. The average Bonchev–Trinajstić information content (AvgIpc) is 3.41. The van der Waals surface area contributed by atoms with Gasteiger partial charge in [0, 0.05) is 37.4 Å². The van der Waals surface area contributed by atoms with E-state index < -0.39 is 23.4 Å². The van der Waals surface area contributed by atoms with Gasteiger partial charge in [-0.3, -0.25) is 0 Å². The zero-order valence-electron chi connectivity index (χ0n) is 25.5. The van der Waals surface area contributed by atoms with Crippen LogP contribution in [-0.4, -0.2) is 73.9 Å². The lowest BCUT2D eigenvalue weighted by Crippen LogP contribution is -2.45. The van der Waals surface area contributed by atoms with Gasteiger partial charge in [0.05, 0.1) is 6.20 Å². The highest BCUT2D eigenvalue weighted by Gasteiger charge is 2.34. The summed E-state index contributed by atoms with van der Waals surface area (Å²) in [6, 6.07) is 9.03. The molecule has 0 bridgehead atoms. The summed E-state index contributed by atoms with van der Waals surface area (Å²) < 4.78 is 22.3. The van der Waals surface area contributed by atoms with Gasteiger partial charge in [-0.25, -0.2) is 24.4 Å². The Labute approximate surface area is 263 Å². The third-order valence-electron chi connectivity index (χ3n) is 6.31. The summed E-state index contributed by atoms with van der Waals surface area (Å²) in [5.74, 6) is -0.221. The van der Waals surface area contributed by atoms with Gasteiger partial charge in [-0.15, -0.1) is 0 Å². The molecule has 3 aromatic rings. The Kier molecular flexibility index (Phi) is 9.94. The number of hydrogen-bond donors (Lipinski definition) is 1. The zero-order chi connectivity index (χ0) is 32.2. The van der Waals surface area contributed by atoms with E-state index >= 15 is 0 Å². The van der Waals surface area contributed by atoms with Gasteiger partial charge in [0.1, 0.15) is 21.5 Å². The maximum atomic E-state index is 13.1. The van der Waals surface area contributed by atoms with Crippen LogP contribution in [0.15, 0.2) is 45.7 Å². The van der Waals surface area contributed by atoms with E-state index in [4.69, 9.17) is 18.7 Å². The third kappa shape index (κ3) is 8.53. The van der Waals surface area contributed by atoms with Crippen LogP contribution in [0.25, 0.3) is 22.7 Å². The van der Waals surface area contributed by atoms with Crippen LogP contribution in [0.2, 0.25) is 0 Å². The van der Waals surface area contributed by atoms with Crippen LogP contribution in [0.4, 0.5) is 20.2 Å². The summed E-state index contributed by atoms with van der Waals surface area (Å²) in [5.41, 5.74) is 0.421. The molecule has 0 unspecified atom stereocenters. The van der Waals surface area contributed by atoms with Crippen LogP contribution < -0.4 is 4.90 Å². The molecular formula is C30H36BrN5O8. The molecule has 236 valence electrons. The van der Waals surface area contributed by atoms with E-state index in [2.05, 4.69) is 31.1 Å². The van der Waals surface area contributed by atoms with Crippen molar-refractivity contribution in [3.8, 4) is 22.7 Å². The highest BCUT2D eigenvalue weighted by atomic mass is 79.9. The number of carbonyl (C=O) groups is 3. The third-order valence-corrected chi connectivity index (χ3v) is 6.69. The number of amides is 3. The second-order valence-corrected chi connectivity index (χ2v) is 13.0. The van der Waals surface area contributed by atoms with Crippen molar-refractivity contribution < 1.29 is 38.2 Å². The topological polar surface area (TPSA) is 157 Å². The van der Waals surface area contributed by atoms with E-state index in [1.54, 1.807) is 31.7 Å². The van der Waals surface area contributed by atoms with E-state index in [0.717, 1.165) is 18.4 Å². The molecule has 1 fully saturated rings. The zero-order valence-corrected chi connectivity index (χ0v) is 27.1. The summed E-state index contributed by atoms with van der Waals surface area (Å²) in [6.45, 7) is 11.9. The van der Waals surface area contributed by atoms with E-state index in [9.17, 15) is 19.5 Å². The number of benzene rings is 1. The number of carbonyl (C=O) groups excluding carboxylic acids is 2. The lowest BCUT2D eigenvalue weighted by Gasteiger charge is -2.35. The first-order valence-electron chi connectivity index (χ1n) is 14.0. The molecule has 1 aromatic carbocycles. The van der Waals surface area contributed by atoms with Gasteiger partial charge in [0.25, 0.3) is 0 Å². The van der Waals surface area contributed by atoms with E-state index in [1.165, 1.54) is 6.20 Å². The average molecular weight is 675 g/mol. The molecule has 0 saturated carbocycles. The summed E-state index contributed by atoms with van der Waals surface area (Å²) in [5, 5.41) is 14.0. The molecule has 1 aliphatic rings. The number of carboxylic acid groups (broad SMARTS) is 1. The van der Waals surface area contributed by atoms with E-state index in [0.29, 0.717) is 35.9 Å². The summed E-state index contributed by atoms with van der Waals surface area (Å²) in [4.78, 5) is 48.5. The van der Waals surface area contributed by atoms with Gasteiger partial charge < -0.3 is 28.7 Å². The number of halogens is 1. The van der Waals surface area contributed by atoms with Crippen LogP contribution in [-0.2, 0) is 20.8 Å². The Morgan fingerprint density at radius 2 is 1.61 bits per heavy atom. The minimum Gasteiger partial charge on any atom is -0.464 e. The molecule has 4 rings (SSSR count). The Morgan fingerprint density at radius 1 is 1.00 bits per heavy atom. The molecule has 0 radical (unpaired) electrons. The molecule has 1 aliphatic heterocycles. The maximum absolute atomic E-state index is 13.1. The van der Waals surface area contributed by atoms with Gasteiger partial charge in [-0.1, -0.05) is 29.4 Å². The fraction of sp³-hybridized carbons (Fsp3) is 0.467. The fourth-order valence-electron chi connectivity index (χ4n) is 4.41. The van der Waals surface area contributed by atoms with Gasteiger partial charge in [-0.2, -0.15) is 4.90 Å². The lowest BCUT2D eigenvalue weighted by atomic mass is 10.0. The molecule has 13 nitrogen and oxygen atoms in total. The molecule has 0 aliphatic carbocycles. The molecule has 44 heavy (non-hydrogen) atoms. The van der Waals surface area contributed by atoms with Gasteiger partial charge in [0.15, 0.2) is 17.3 Å². The van der Waals surface area contributed by atoms with Crippen LogP contribution in [0, 0.1) is 0 Å². The quantitative estimate of drug-likeness (QED) is 0.290. The Morgan fingerprint density at radius 3 is 2.20 bits per heavy atom. The SMILES string of the molecule is CC(C)(C)OC(=O)N(C(=O)O)c1ncc(Br)nc1-c1cc(-c2ccc(CN(C(=O)OC(C)(C)C)C3CCOCC3)cc2)no1. The molecular weight excluding hydrogens is 638 g/mol. The van der Waals surface area contributed by atoms with Crippen LogP contribution in [0.3, 0.4) is 0 Å². The Hall–Kier alpha value is -4.04. The normalized spacial score (nSPS) is 14.2. The highest BCUT2D eigenvalue weighted by Crippen LogP contribution is 2.33. The van der Waals surface area contributed by atoms with Gasteiger partial charge >= 0.3 is 18.3 Å². The first kappa shape index (κ1) is 32.9. The van der Waals surface area contributed by atoms with E-state index in [-0.39, 0.29) is 34.0 Å². The van der Waals surface area contributed by atoms with E-state index in [1.807, 2.05) is 45.0 Å². The number of ether oxygens (including phenoxy) is 3. The van der Waals surface area contributed by atoms with Crippen molar-refractivity contribution in [3.05, 3.63) is 46.7 Å². The number of hydrogen-bond acceptors (Lipinski definition) is 10. The Balaban J connectivity index is 1.59. The number of imide groups is 1. The molecule has 1 saturated heterocycles. The van der Waals surface area contributed by atoms with Crippen molar-refractivity contribution in [3.63, 3.8) is 0 Å². The number of aromatic nitrogens is 3. The standard InChI is InChI=1S/C30H36BrN5O8/c1-29(2,3)42-27(39)35(20-11-13-41-14-12-20)17-18-7-9-19(10-8-18)21-15-22(44-34-21)24-25(32-16-23(31)33-24)36(26(37)38)28(40)43-30(4,5)6/h7-10,15-16,20H,11-14,17H2,1-6H3,(H,37,38). The molecule has 2 aromatic heterocycles. The summed E-state index contributed by atoms with van der Waals surface area (Å²) in [7, 11) is 0. The first-order valence-corrected chi connectivity index (χ1v) is 14.8. The number of rotatable bonds is 6. The lowest BCUT2D eigenvalue weighted by molar-refractivity contribution is -0.00811. The van der Waals surface area contributed by atoms with Crippen LogP contribution >= 0.6 is 15.9 Å². The number of nitrogens with zero attached hydrogens (tertiary/aromatic N) is 5. The van der Waals surface area contributed by atoms with Crippen LogP contribution in [0.1, 0.15) is 59.9 Å². The van der Waals surface area contributed by atoms with Crippen molar-refractivity contribution in [1.82, 2.24) is 20.0 Å². The summed E-state index contributed by atoms with van der Waals surface area (Å²) >= 11 is 3.24. The molecule has 0 atom stereocenters. The Bertz CT molecular complexity index is 1490. The van der Waals surface area contributed by atoms with Crippen molar-refractivity contribution in [2.75, 3.05) is 18.1 Å². The maximum Gasteiger partial charge on any atom is 0.425 e. The van der Waals surface area contributed by atoms with Crippen molar-refractivity contribution >= 4 is 40.0 Å². The van der Waals surface area contributed by atoms with Crippen molar-refractivity contribution in [1.29, 1.82) is 0 Å². The van der Waals surface area contributed by atoms with Gasteiger partial charge in [0.2, 0.25) is 0 Å². The largest absolute Gasteiger partial charge is 0.464 e. The summed E-state index contributed by atoms with van der Waals surface area (Å²) in [6.07, 6.45) is -0.398. The van der Waals surface area contributed by atoms with Crippen molar-refractivity contribution in [2.45, 2.75) is 78.2 Å². The molecule has 1 N–H and O–H groups in total. The van der Waals surface area contributed by atoms with Crippen molar-refractivity contribution in [2.24, 2.45) is 0 Å². The second-order valence-electron chi connectivity index (χ2n) is 12.2. The van der Waals surface area contributed by atoms with Gasteiger partial charge in [-0.05, 0) is 75.9 Å². The predicted molar refractivity (Wildman–Crippen MR) is 163 cm³/mol. The molecule has 0 spiro atoms. The predicted octanol–water partition coefficient (Wildman–Crippen LogP) is 6.90. The smallest absolute Gasteiger partial charge is 0.425 e. The fourth-order valence-corrected chi connectivity index (χ4v) is 4.69. The molecule has 3 amide bonds. The minimum atomic E-state index is -1.60. The first-order chi connectivity index (χ1) is 20.6. The highest BCUT2D eigenvalue weighted by molar-refractivity contribution is 9.10. The number of anilines is 1. The monoisotopic (exact) mass is 673 g/mol. The molecule has 3 heterocycles. The molecule has 14 heteroatoms. The van der Waals surface area contributed by atoms with Crippen LogP contribution in [0.5, 0.6) is 0 Å².